The van der Waals surface area contributed by atoms with E-state index in [0.717, 1.165) is 12.1 Å². The first kappa shape index (κ1) is 14.9. The van der Waals surface area contributed by atoms with E-state index in [4.69, 9.17) is 39.5 Å². The molecule has 1 aromatic carbocycles. The van der Waals surface area contributed by atoms with Crippen LogP contribution in [0.4, 0.5) is 0 Å². The number of halogens is 3. The molecule has 0 radical (unpaired) electrons. The molecule has 0 unspecified atom stereocenters. The van der Waals surface area contributed by atoms with Gasteiger partial charge < -0.3 is 10.1 Å². The SMILES string of the molecule is Clc1cc(Cl)c(Oc2cncc(CNC3CC3)c2)cc1Cl. The minimum atomic E-state index is 0.398. The summed E-state index contributed by atoms with van der Waals surface area (Å²) in [7, 11) is 0. The van der Waals surface area contributed by atoms with Gasteiger partial charge >= 0.3 is 0 Å². The van der Waals surface area contributed by atoms with Crippen molar-refractivity contribution >= 4 is 34.8 Å². The van der Waals surface area contributed by atoms with Gasteiger partial charge in [-0.1, -0.05) is 34.8 Å². The molecule has 0 aliphatic heterocycles. The Bertz CT molecular complexity index is 659. The standard InChI is InChI=1S/C15H13Cl3N2O/c16-12-4-14(18)15(5-13(12)17)21-11-3-9(6-19-8-11)7-20-10-1-2-10/h3-6,8,10,20H,1-2,7H2. The fourth-order valence-electron chi connectivity index (χ4n) is 1.88. The van der Waals surface area contributed by atoms with Crippen LogP contribution in [0.15, 0.2) is 30.6 Å². The smallest absolute Gasteiger partial charge is 0.147 e. The third kappa shape index (κ3) is 4.01. The molecule has 3 rings (SSSR count). The van der Waals surface area contributed by atoms with Gasteiger partial charge in [0.2, 0.25) is 0 Å². The molecule has 1 heterocycles. The number of nitrogens with zero attached hydrogens (tertiary/aromatic N) is 1. The number of pyridine rings is 1. The average molecular weight is 344 g/mol. The van der Waals surface area contributed by atoms with Crippen LogP contribution in [0.1, 0.15) is 18.4 Å². The van der Waals surface area contributed by atoms with E-state index in [1.807, 2.05) is 12.3 Å². The highest BCUT2D eigenvalue weighted by molar-refractivity contribution is 6.43. The molecule has 3 nitrogen and oxygen atoms in total. The second-order valence-electron chi connectivity index (χ2n) is 4.98. The summed E-state index contributed by atoms with van der Waals surface area (Å²) in [6.45, 7) is 0.782. The monoisotopic (exact) mass is 342 g/mol. The molecule has 1 saturated carbocycles. The quantitative estimate of drug-likeness (QED) is 0.768. The lowest BCUT2D eigenvalue weighted by Gasteiger charge is -2.10. The highest BCUT2D eigenvalue weighted by Crippen LogP contribution is 2.36. The maximum Gasteiger partial charge on any atom is 0.147 e. The lowest BCUT2D eigenvalue weighted by molar-refractivity contribution is 0.479. The summed E-state index contributed by atoms with van der Waals surface area (Å²) in [6, 6.07) is 5.74. The topological polar surface area (TPSA) is 34.1 Å². The van der Waals surface area contributed by atoms with E-state index < -0.39 is 0 Å². The molecule has 1 aliphatic rings. The fourth-order valence-corrected chi connectivity index (χ4v) is 2.45. The number of nitrogens with one attached hydrogen (secondary N) is 1. The Hall–Kier alpha value is -1.00. The Labute approximate surface area is 138 Å². The lowest BCUT2D eigenvalue weighted by Crippen LogP contribution is -2.15. The van der Waals surface area contributed by atoms with Crippen LogP contribution >= 0.6 is 34.8 Å². The molecule has 1 N–H and O–H groups in total. The van der Waals surface area contributed by atoms with Gasteiger partial charge in [-0.2, -0.15) is 0 Å². The number of rotatable bonds is 5. The van der Waals surface area contributed by atoms with E-state index in [0.29, 0.717) is 32.6 Å². The van der Waals surface area contributed by atoms with Crippen LogP contribution in [0.3, 0.4) is 0 Å². The summed E-state index contributed by atoms with van der Waals surface area (Å²) in [5.41, 5.74) is 1.07. The van der Waals surface area contributed by atoms with Crippen molar-refractivity contribution in [3.8, 4) is 11.5 Å². The molecule has 21 heavy (non-hydrogen) atoms. The zero-order valence-corrected chi connectivity index (χ0v) is 13.3. The van der Waals surface area contributed by atoms with Crippen LogP contribution in [-0.2, 0) is 6.54 Å². The van der Waals surface area contributed by atoms with E-state index in [9.17, 15) is 0 Å². The van der Waals surface area contributed by atoms with Crippen LogP contribution in [0.5, 0.6) is 11.5 Å². The minimum absolute atomic E-state index is 0.398. The number of benzene rings is 1. The van der Waals surface area contributed by atoms with E-state index in [2.05, 4.69) is 10.3 Å². The molecule has 110 valence electrons. The largest absolute Gasteiger partial charge is 0.454 e. The first-order valence-electron chi connectivity index (χ1n) is 6.61. The third-order valence-electron chi connectivity index (χ3n) is 3.14. The summed E-state index contributed by atoms with van der Waals surface area (Å²) in [4.78, 5) is 4.18. The first-order valence-corrected chi connectivity index (χ1v) is 7.75. The number of hydrogen-bond donors (Lipinski definition) is 1. The van der Waals surface area contributed by atoms with Crippen molar-refractivity contribution in [3.05, 3.63) is 51.2 Å². The van der Waals surface area contributed by atoms with Gasteiger partial charge in [-0.25, -0.2) is 0 Å². The van der Waals surface area contributed by atoms with Gasteiger partial charge in [-0.3, -0.25) is 4.98 Å². The fraction of sp³-hybridized carbons (Fsp3) is 0.267. The van der Waals surface area contributed by atoms with Gasteiger partial charge in [-0.05, 0) is 30.5 Å². The average Bonchev–Trinajstić information content (AvgIpc) is 3.27. The molecular weight excluding hydrogens is 331 g/mol. The second-order valence-corrected chi connectivity index (χ2v) is 6.20. The number of ether oxygens (including phenoxy) is 1. The molecule has 0 saturated heterocycles. The molecule has 0 spiro atoms. The molecule has 1 fully saturated rings. The maximum absolute atomic E-state index is 6.10. The van der Waals surface area contributed by atoms with Crippen LogP contribution < -0.4 is 10.1 Å². The Kier molecular flexibility index (Phi) is 4.55. The van der Waals surface area contributed by atoms with Gasteiger partial charge in [0, 0.05) is 24.8 Å². The predicted octanol–water partition coefficient (Wildman–Crippen LogP) is 5.09. The zero-order valence-electron chi connectivity index (χ0n) is 11.1. The zero-order chi connectivity index (χ0) is 14.8. The number of aromatic nitrogens is 1. The van der Waals surface area contributed by atoms with Gasteiger partial charge in [0.15, 0.2) is 0 Å². The second kappa shape index (κ2) is 6.41. The van der Waals surface area contributed by atoms with Crippen molar-refractivity contribution in [2.45, 2.75) is 25.4 Å². The van der Waals surface area contributed by atoms with Crippen LogP contribution in [-0.4, -0.2) is 11.0 Å². The van der Waals surface area contributed by atoms with E-state index >= 15 is 0 Å². The molecule has 0 atom stereocenters. The van der Waals surface area contributed by atoms with Gasteiger partial charge in [0.25, 0.3) is 0 Å². The molecular formula is C15H13Cl3N2O. The summed E-state index contributed by atoms with van der Waals surface area (Å²) in [6.07, 6.45) is 5.96. The summed E-state index contributed by atoms with van der Waals surface area (Å²) in [5.74, 6) is 1.07. The minimum Gasteiger partial charge on any atom is -0.454 e. The highest BCUT2D eigenvalue weighted by Gasteiger charge is 2.20. The first-order chi connectivity index (χ1) is 10.1. The Balaban J connectivity index is 1.74. The molecule has 1 aromatic heterocycles. The van der Waals surface area contributed by atoms with Crippen molar-refractivity contribution in [2.75, 3.05) is 0 Å². The third-order valence-corrected chi connectivity index (χ3v) is 4.16. The van der Waals surface area contributed by atoms with Crippen LogP contribution in [0, 0.1) is 0 Å². The molecule has 0 bridgehead atoms. The van der Waals surface area contributed by atoms with Crippen molar-refractivity contribution in [1.82, 2.24) is 10.3 Å². The summed E-state index contributed by atoms with van der Waals surface area (Å²) >= 11 is 18.0. The summed E-state index contributed by atoms with van der Waals surface area (Å²) < 4.78 is 5.74. The Morgan fingerprint density at radius 3 is 2.57 bits per heavy atom. The molecule has 0 amide bonds. The van der Waals surface area contributed by atoms with Crippen molar-refractivity contribution in [2.24, 2.45) is 0 Å². The van der Waals surface area contributed by atoms with Gasteiger partial charge in [0.05, 0.1) is 21.3 Å². The molecule has 1 aliphatic carbocycles. The summed E-state index contributed by atoms with van der Waals surface area (Å²) in [5, 5.41) is 4.64. The van der Waals surface area contributed by atoms with E-state index in [-0.39, 0.29) is 0 Å². The normalized spacial score (nSPS) is 14.2. The Morgan fingerprint density at radius 1 is 1.05 bits per heavy atom. The van der Waals surface area contributed by atoms with Gasteiger partial charge in [0.1, 0.15) is 11.5 Å². The van der Waals surface area contributed by atoms with Gasteiger partial charge in [-0.15, -0.1) is 0 Å². The molecule has 2 aromatic rings. The van der Waals surface area contributed by atoms with Crippen LogP contribution in [0.2, 0.25) is 15.1 Å². The van der Waals surface area contributed by atoms with Crippen molar-refractivity contribution in [1.29, 1.82) is 0 Å². The van der Waals surface area contributed by atoms with Crippen molar-refractivity contribution < 1.29 is 4.74 Å². The van der Waals surface area contributed by atoms with E-state index in [1.54, 1.807) is 18.3 Å². The molecule has 6 heteroatoms. The predicted molar refractivity (Wildman–Crippen MR) is 85.6 cm³/mol. The lowest BCUT2D eigenvalue weighted by atomic mass is 10.2. The van der Waals surface area contributed by atoms with E-state index in [1.165, 1.54) is 12.8 Å². The van der Waals surface area contributed by atoms with Crippen LogP contribution in [0.25, 0.3) is 0 Å². The Morgan fingerprint density at radius 2 is 1.81 bits per heavy atom. The highest BCUT2D eigenvalue weighted by atomic mass is 35.5. The maximum atomic E-state index is 6.10. The number of hydrogen-bond acceptors (Lipinski definition) is 3. The van der Waals surface area contributed by atoms with Crippen molar-refractivity contribution in [3.63, 3.8) is 0 Å².